The smallest absolute Gasteiger partial charge is 0.321 e. The van der Waals surface area contributed by atoms with E-state index in [1.807, 2.05) is 0 Å². The number of nitrogens with zero attached hydrogens (tertiary/aromatic N) is 2. The lowest BCUT2D eigenvalue weighted by molar-refractivity contribution is -0.143. The van der Waals surface area contributed by atoms with Gasteiger partial charge < -0.3 is 25.4 Å². The Morgan fingerprint density at radius 3 is 2.59 bits per heavy atom. The summed E-state index contributed by atoms with van der Waals surface area (Å²) in [5.41, 5.74) is 0.684. The number of urea groups is 1. The van der Waals surface area contributed by atoms with Crippen molar-refractivity contribution >= 4 is 23.6 Å². The van der Waals surface area contributed by atoms with Crippen LogP contribution in [-0.4, -0.2) is 53.0 Å². The highest BCUT2D eigenvalue weighted by molar-refractivity contribution is 5.92. The van der Waals surface area contributed by atoms with Crippen molar-refractivity contribution in [2.24, 2.45) is 5.92 Å². The molecule has 0 radical (unpaired) electrons. The predicted molar refractivity (Wildman–Crippen MR) is 105 cm³/mol. The number of benzene rings is 1. The summed E-state index contributed by atoms with van der Waals surface area (Å²) in [7, 11) is 1.52. The van der Waals surface area contributed by atoms with Crippen molar-refractivity contribution in [2.45, 2.75) is 12.8 Å². The van der Waals surface area contributed by atoms with E-state index >= 15 is 0 Å². The van der Waals surface area contributed by atoms with Gasteiger partial charge in [0.2, 0.25) is 0 Å². The van der Waals surface area contributed by atoms with Gasteiger partial charge in [0, 0.05) is 32.4 Å². The third-order valence-electron chi connectivity index (χ3n) is 4.68. The number of rotatable bonds is 5. The second-order valence-corrected chi connectivity index (χ2v) is 6.58. The summed E-state index contributed by atoms with van der Waals surface area (Å²) >= 11 is 0. The zero-order valence-corrected chi connectivity index (χ0v) is 15.9. The molecular formula is C20H22N4O5. The van der Waals surface area contributed by atoms with Gasteiger partial charge in [-0.2, -0.15) is 0 Å². The number of pyridine rings is 1. The molecule has 1 aliphatic heterocycles. The molecule has 0 unspecified atom stereocenters. The Hall–Kier alpha value is -3.62. The van der Waals surface area contributed by atoms with Crippen LogP contribution in [0.15, 0.2) is 42.6 Å². The molecule has 152 valence electrons. The van der Waals surface area contributed by atoms with Crippen molar-refractivity contribution in [3.63, 3.8) is 0 Å². The minimum Gasteiger partial charge on any atom is -0.481 e. The lowest BCUT2D eigenvalue weighted by Crippen LogP contribution is -2.42. The van der Waals surface area contributed by atoms with Gasteiger partial charge in [-0.1, -0.05) is 12.1 Å². The van der Waals surface area contributed by atoms with Gasteiger partial charge in [0.25, 0.3) is 5.91 Å². The van der Waals surface area contributed by atoms with E-state index in [0.29, 0.717) is 43.1 Å². The SMILES string of the molecule is CNC(=O)c1cc(Oc2ccccc2NC(=O)N2CCC(C(=O)O)CC2)ccn1. The number of piperidine rings is 1. The molecule has 29 heavy (non-hydrogen) atoms. The molecule has 1 aromatic carbocycles. The Morgan fingerprint density at radius 2 is 1.90 bits per heavy atom. The molecule has 1 aromatic heterocycles. The number of amides is 3. The van der Waals surface area contributed by atoms with Gasteiger partial charge in [-0.25, -0.2) is 4.79 Å². The van der Waals surface area contributed by atoms with Crippen LogP contribution in [0.3, 0.4) is 0 Å². The Labute approximate surface area is 167 Å². The van der Waals surface area contributed by atoms with E-state index in [2.05, 4.69) is 15.6 Å². The number of aromatic nitrogens is 1. The van der Waals surface area contributed by atoms with E-state index in [4.69, 9.17) is 9.84 Å². The molecule has 3 N–H and O–H groups in total. The van der Waals surface area contributed by atoms with Crippen LogP contribution in [0.25, 0.3) is 0 Å². The summed E-state index contributed by atoms with van der Waals surface area (Å²) in [5, 5.41) is 14.4. The van der Waals surface area contributed by atoms with Crippen LogP contribution in [0, 0.1) is 5.92 Å². The lowest BCUT2D eigenvalue weighted by atomic mass is 9.97. The number of carboxylic acids is 1. The van der Waals surface area contributed by atoms with E-state index in [9.17, 15) is 14.4 Å². The largest absolute Gasteiger partial charge is 0.481 e. The van der Waals surface area contributed by atoms with E-state index in [0.717, 1.165) is 0 Å². The maximum absolute atomic E-state index is 12.6. The van der Waals surface area contributed by atoms with Gasteiger partial charge in [-0.05, 0) is 31.0 Å². The molecule has 9 heteroatoms. The Bertz CT molecular complexity index is 909. The van der Waals surface area contributed by atoms with Crippen molar-refractivity contribution < 1.29 is 24.2 Å². The third-order valence-corrected chi connectivity index (χ3v) is 4.68. The standard InChI is InChI=1S/C20H22N4O5/c1-21-18(25)16-12-14(6-9-22-16)29-17-5-3-2-4-15(17)23-20(28)24-10-7-13(8-11-24)19(26)27/h2-6,9,12-13H,7-8,10-11H2,1H3,(H,21,25)(H,23,28)(H,26,27). The van der Waals surface area contributed by atoms with E-state index in [-0.39, 0.29) is 17.6 Å². The topological polar surface area (TPSA) is 121 Å². The fraction of sp³-hybridized carbons (Fsp3) is 0.300. The van der Waals surface area contributed by atoms with Crippen LogP contribution in [0.1, 0.15) is 23.3 Å². The van der Waals surface area contributed by atoms with Crippen LogP contribution in [-0.2, 0) is 4.79 Å². The maximum atomic E-state index is 12.6. The van der Waals surface area contributed by atoms with E-state index < -0.39 is 11.9 Å². The highest BCUT2D eigenvalue weighted by atomic mass is 16.5. The van der Waals surface area contributed by atoms with Crippen LogP contribution in [0.4, 0.5) is 10.5 Å². The van der Waals surface area contributed by atoms with Gasteiger partial charge in [0.05, 0.1) is 11.6 Å². The van der Waals surface area contributed by atoms with Crippen molar-refractivity contribution in [2.75, 3.05) is 25.5 Å². The molecule has 0 bridgehead atoms. The maximum Gasteiger partial charge on any atom is 0.321 e. The average Bonchev–Trinajstić information content (AvgIpc) is 2.74. The average molecular weight is 398 g/mol. The third kappa shape index (κ3) is 5.01. The highest BCUT2D eigenvalue weighted by Gasteiger charge is 2.27. The van der Waals surface area contributed by atoms with Gasteiger partial charge in [-0.3, -0.25) is 14.6 Å². The fourth-order valence-electron chi connectivity index (χ4n) is 3.04. The zero-order chi connectivity index (χ0) is 20.8. The molecule has 3 rings (SSSR count). The summed E-state index contributed by atoms with van der Waals surface area (Å²) in [4.78, 5) is 41.0. The zero-order valence-electron chi connectivity index (χ0n) is 15.9. The number of aliphatic carboxylic acids is 1. The minimum absolute atomic E-state index is 0.216. The second-order valence-electron chi connectivity index (χ2n) is 6.58. The van der Waals surface area contributed by atoms with Crippen LogP contribution < -0.4 is 15.4 Å². The summed E-state index contributed by atoms with van der Waals surface area (Å²) in [6, 6.07) is 9.75. The van der Waals surface area contributed by atoms with Crippen molar-refractivity contribution in [3.8, 4) is 11.5 Å². The molecule has 2 aromatic rings. The summed E-state index contributed by atoms with van der Waals surface area (Å²) in [5.74, 6) is -0.743. The molecule has 0 saturated carbocycles. The fourth-order valence-corrected chi connectivity index (χ4v) is 3.04. The summed E-state index contributed by atoms with van der Waals surface area (Å²) in [6.07, 6.45) is 2.33. The molecule has 2 heterocycles. The number of hydrogen-bond acceptors (Lipinski definition) is 5. The first kappa shape index (κ1) is 20.1. The second kappa shape index (κ2) is 9.05. The molecule has 0 aliphatic carbocycles. The first-order valence-electron chi connectivity index (χ1n) is 9.21. The number of nitrogens with one attached hydrogen (secondary N) is 2. The predicted octanol–water partition coefficient (Wildman–Crippen LogP) is 2.56. The molecule has 1 fully saturated rings. The molecule has 0 spiro atoms. The van der Waals surface area contributed by atoms with Gasteiger partial charge in [0.1, 0.15) is 11.4 Å². The first-order chi connectivity index (χ1) is 14.0. The molecular weight excluding hydrogens is 376 g/mol. The van der Waals surface area contributed by atoms with Crippen molar-refractivity contribution in [1.29, 1.82) is 0 Å². The molecule has 0 atom stereocenters. The van der Waals surface area contributed by atoms with Gasteiger partial charge in [-0.15, -0.1) is 0 Å². The molecule has 3 amide bonds. The van der Waals surface area contributed by atoms with Crippen LogP contribution in [0.2, 0.25) is 0 Å². The van der Waals surface area contributed by atoms with Crippen LogP contribution in [0.5, 0.6) is 11.5 Å². The highest BCUT2D eigenvalue weighted by Crippen LogP contribution is 2.30. The summed E-state index contributed by atoms with van der Waals surface area (Å²) in [6.45, 7) is 0.761. The molecule has 9 nitrogen and oxygen atoms in total. The minimum atomic E-state index is -0.822. The Balaban J connectivity index is 1.69. The Kier molecular flexibility index (Phi) is 6.28. The number of carboxylic acid groups (broad SMARTS) is 1. The van der Waals surface area contributed by atoms with Gasteiger partial charge in [0.15, 0.2) is 5.75 Å². The number of likely N-dealkylation sites (tertiary alicyclic amines) is 1. The number of ether oxygens (including phenoxy) is 1. The number of para-hydroxylation sites is 2. The van der Waals surface area contributed by atoms with Crippen molar-refractivity contribution in [3.05, 3.63) is 48.3 Å². The normalized spacial score (nSPS) is 14.2. The lowest BCUT2D eigenvalue weighted by Gasteiger charge is -2.30. The Morgan fingerprint density at radius 1 is 1.17 bits per heavy atom. The molecule has 1 aliphatic rings. The number of carbonyl (C=O) groups excluding carboxylic acids is 2. The summed E-state index contributed by atoms with van der Waals surface area (Å²) < 4.78 is 5.85. The van der Waals surface area contributed by atoms with E-state index in [1.54, 1.807) is 35.2 Å². The van der Waals surface area contributed by atoms with Gasteiger partial charge >= 0.3 is 12.0 Å². The van der Waals surface area contributed by atoms with Crippen molar-refractivity contribution in [1.82, 2.24) is 15.2 Å². The number of anilines is 1. The number of carbonyl (C=O) groups is 3. The number of hydrogen-bond donors (Lipinski definition) is 3. The van der Waals surface area contributed by atoms with E-state index in [1.165, 1.54) is 19.3 Å². The van der Waals surface area contributed by atoms with Crippen LogP contribution >= 0.6 is 0 Å². The quantitative estimate of drug-likeness (QED) is 0.712. The molecule has 1 saturated heterocycles. The first-order valence-corrected chi connectivity index (χ1v) is 9.21. The monoisotopic (exact) mass is 398 g/mol.